The maximum absolute atomic E-state index is 14.5. The van der Waals surface area contributed by atoms with Crippen LogP contribution in [0.4, 0.5) is 10.1 Å². The lowest BCUT2D eigenvalue weighted by Gasteiger charge is -2.36. The van der Waals surface area contributed by atoms with E-state index in [4.69, 9.17) is 12.2 Å². The van der Waals surface area contributed by atoms with Crippen molar-refractivity contribution >= 4 is 34.7 Å². The number of halogens is 1. The smallest absolute Gasteiger partial charge is 0.326 e. The van der Waals surface area contributed by atoms with Crippen LogP contribution in [0.5, 0.6) is 0 Å². The molecule has 1 aliphatic rings. The van der Waals surface area contributed by atoms with E-state index in [9.17, 15) is 14.0 Å². The van der Waals surface area contributed by atoms with E-state index in [1.807, 2.05) is 30.0 Å². The zero-order valence-electron chi connectivity index (χ0n) is 18.0. The van der Waals surface area contributed by atoms with Crippen molar-refractivity contribution in [2.45, 2.75) is 20.0 Å². The first-order chi connectivity index (χ1) is 15.4. The Labute approximate surface area is 189 Å². The predicted molar refractivity (Wildman–Crippen MR) is 124 cm³/mol. The predicted octanol–water partition coefficient (Wildman–Crippen LogP) is 2.29. The Balaban J connectivity index is 1.44. The number of carbonyl (C=O) groups excluding carboxylic acids is 1. The maximum atomic E-state index is 14.5. The molecule has 1 amide bonds. The van der Waals surface area contributed by atoms with Gasteiger partial charge in [-0.25, -0.2) is 9.78 Å². The number of piperazine rings is 1. The Kier molecular flexibility index (Phi) is 6.33. The molecular formula is C22H25FN6O2S. The summed E-state index contributed by atoms with van der Waals surface area (Å²) in [5, 5.41) is 3.30. The van der Waals surface area contributed by atoms with Gasteiger partial charge < -0.3 is 15.2 Å². The summed E-state index contributed by atoms with van der Waals surface area (Å²) in [5.74, 6) is -1.05. The van der Waals surface area contributed by atoms with Gasteiger partial charge in [-0.2, -0.15) is 4.39 Å². The second-order valence-corrected chi connectivity index (χ2v) is 8.09. The van der Waals surface area contributed by atoms with E-state index in [0.29, 0.717) is 30.0 Å². The number of hydrogen-bond acceptors (Lipinski definition) is 6. The number of H-pyrrole nitrogens is 1. The van der Waals surface area contributed by atoms with Crippen LogP contribution in [0.2, 0.25) is 0 Å². The number of nitrogens with one attached hydrogen (secondary N) is 2. The number of benzene rings is 1. The Morgan fingerprint density at radius 2 is 1.97 bits per heavy atom. The molecule has 1 saturated heterocycles. The van der Waals surface area contributed by atoms with Gasteiger partial charge in [0.05, 0.1) is 11.2 Å². The minimum atomic E-state index is -0.637. The molecule has 2 aromatic heterocycles. The van der Waals surface area contributed by atoms with Gasteiger partial charge in [-0.3, -0.25) is 14.3 Å². The van der Waals surface area contributed by atoms with E-state index < -0.39 is 11.9 Å². The molecule has 0 aliphatic carbocycles. The van der Waals surface area contributed by atoms with Gasteiger partial charge in [-0.15, -0.1) is 0 Å². The molecule has 8 nitrogen and oxygen atoms in total. The Hall–Kier alpha value is -3.11. The van der Waals surface area contributed by atoms with Crippen molar-refractivity contribution in [2.75, 3.05) is 38.1 Å². The highest BCUT2D eigenvalue weighted by Gasteiger charge is 2.21. The van der Waals surface area contributed by atoms with E-state index in [0.717, 1.165) is 36.1 Å². The lowest BCUT2D eigenvalue weighted by molar-refractivity contribution is 0.0957. The lowest BCUT2D eigenvalue weighted by atomic mass is 10.1. The highest BCUT2D eigenvalue weighted by atomic mass is 32.1. The summed E-state index contributed by atoms with van der Waals surface area (Å²) < 4.78 is 16.6. The summed E-state index contributed by atoms with van der Waals surface area (Å²) in [6.45, 7) is 5.94. The number of fused-ring (bicyclic) bond motifs is 1. The van der Waals surface area contributed by atoms with E-state index in [1.54, 1.807) is 10.6 Å². The molecule has 10 heteroatoms. The van der Waals surface area contributed by atoms with Gasteiger partial charge in [0.25, 0.3) is 5.91 Å². The van der Waals surface area contributed by atoms with Crippen LogP contribution < -0.4 is 15.9 Å². The van der Waals surface area contributed by atoms with E-state index in [1.165, 1.54) is 13.1 Å². The number of carbonyl (C=O) groups is 1. The van der Waals surface area contributed by atoms with Gasteiger partial charge in [-0.1, -0.05) is 18.3 Å². The van der Waals surface area contributed by atoms with Gasteiger partial charge >= 0.3 is 5.69 Å². The van der Waals surface area contributed by atoms with E-state index in [2.05, 4.69) is 20.2 Å². The molecule has 0 bridgehead atoms. The van der Waals surface area contributed by atoms with Crippen molar-refractivity contribution in [2.24, 2.45) is 0 Å². The second kappa shape index (κ2) is 9.17. The molecular weight excluding hydrogens is 431 g/mol. The normalized spacial score (nSPS) is 14.7. The van der Waals surface area contributed by atoms with Gasteiger partial charge in [0.15, 0.2) is 0 Å². The standard InChI is InChI=1S/C22H25FN6O2S/c1-3-29-21(32)15-5-4-14(12-17(15)26-22(29)31)13-27-8-10-28(11-9-27)18-7-6-16(20(30)24-2)25-19(18)23/h4-7,12H,3,8-11,13H2,1-2H3,(H,24,30)(H,26,31). The molecule has 1 fully saturated rings. The first-order valence-corrected chi connectivity index (χ1v) is 10.9. The molecule has 32 heavy (non-hydrogen) atoms. The van der Waals surface area contributed by atoms with Crippen molar-refractivity contribution in [1.29, 1.82) is 0 Å². The van der Waals surface area contributed by atoms with Crippen molar-refractivity contribution in [3.05, 3.63) is 62.7 Å². The largest absolute Gasteiger partial charge is 0.365 e. The molecule has 2 N–H and O–H groups in total. The molecule has 4 rings (SSSR count). The van der Waals surface area contributed by atoms with Gasteiger partial charge in [0.1, 0.15) is 10.3 Å². The van der Waals surface area contributed by atoms with Crippen molar-refractivity contribution in [3.8, 4) is 0 Å². The summed E-state index contributed by atoms with van der Waals surface area (Å²) in [4.78, 5) is 34.8. The molecule has 168 valence electrons. The van der Waals surface area contributed by atoms with Crippen LogP contribution in [0.15, 0.2) is 35.1 Å². The molecule has 3 heterocycles. The number of pyridine rings is 1. The summed E-state index contributed by atoms with van der Waals surface area (Å²) in [6.07, 6.45) is 0. The topological polar surface area (TPSA) is 86.3 Å². The third-order valence-electron chi connectivity index (χ3n) is 5.77. The van der Waals surface area contributed by atoms with Crippen LogP contribution in [0.1, 0.15) is 23.0 Å². The van der Waals surface area contributed by atoms with Crippen LogP contribution in [0, 0.1) is 10.6 Å². The number of anilines is 1. The van der Waals surface area contributed by atoms with Crippen LogP contribution in [0.25, 0.3) is 10.9 Å². The average molecular weight is 457 g/mol. The minimum Gasteiger partial charge on any atom is -0.365 e. The molecule has 1 aliphatic heterocycles. The Morgan fingerprint density at radius 1 is 1.22 bits per heavy atom. The SMILES string of the molecule is CCn1c(=O)[nH]c2cc(CN3CCN(c4ccc(C(=O)NC)nc4F)CC3)ccc2c1=S. The molecule has 0 radical (unpaired) electrons. The quantitative estimate of drug-likeness (QED) is 0.453. The van der Waals surface area contributed by atoms with Crippen LogP contribution in [0.3, 0.4) is 0 Å². The highest BCUT2D eigenvalue weighted by molar-refractivity contribution is 7.71. The molecule has 0 saturated carbocycles. The summed E-state index contributed by atoms with van der Waals surface area (Å²) in [7, 11) is 1.49. The monoisotopic (exact) mass is 456 g/mol. The van der Waals surface area contributed by atoms with Crippen molar-refractivity contribution in [1.82, 2.24) is 24.8 Å². The number of aromatic nitrogens is 3. The zero-order chi connectivity index (χ0) is 22.8. The molecule has 0 spiro atoms. The van der Waals surface area contributed by atoms with E-state index >= 15 is 0 Å². The number of aromatic amines is 1. The first-order valence-electron chi connectivity index (χ1n) is 10.5. The van der Waals surface area contributed by atoms with Crippen LogP contribution in [-0.2, 0) is 13.1 Å². The van der Waals surface area contributed by atoms with Gasteiger partial charge in [0.2, 0.25) is 5.95 Å². The fourth-order valence-corrected chi connectivity index (χ4v) is 4.40. The van der Waals surface area contributed by atoms with Gasteiger partial charge in [0, 0.05) is 51.7 Å². The average Bonchev–Trinajstić information content (AvgIpc) is 2.79. The van der Waals surface area contributed by atoms with Gasteiger partial charge in [-0.05, 0) is 36.8 Å². The fraction of sp³-hybridized carbons (Fsp3) is 0.364. The molecule has 3 aromatic rings. The minimum absolute atomic E-state index is 0.0634. The maximum Gasteiger partial charge on any atom is 0.326 e. The first kappa shape index (κ1) is 22.1. The van der Waals surface area contributed by atoms with Crippen molar-refractivity contribution in [3.63, 3.8) is 0 Å². The summed E-state index contributed by atoms with van der Waals surface area (Å²) in [5.41, 5.74) is 2.09. The molecule has 0 unspecified atom stereocenters. The third kappa shape index (κ3) is 4.28. The number of nitrogens with zero attached hydrogens (tertiary/aromatic N) is 4. The zero-order valence-corrected chi connectivity index (χ0v) is 18.8. The van der Waals surface area contributed by atoms with Crippen LogP contribution in [-0.4, -0.2) is 58.6 Å². The molecule has 1 aromatic carbocycles. The summed E-state index contributed by atoms with van der Waals surface area (Å²) in [6, 6.07) is 9.11. The second-order valence-electron chi connectivity index (χ2n) is 7.71. The Morgan fingerprint density at radius 3 is 2.62 bits per heavy atom. The summed E-state index contributed by atoms with van der Waals surface area (Å²) >= 11 is 5.45. The number of hydrogen-bond donors (Lipinski definition) is 2. The van der Waals surface area contributed by atoms with Crippen LogP contribution >= 0.6 is 12.2 Å². The fourth-order valence-electron chi connectivity index (χ4n) is 4.01. The number of rotatable bonds is 5. The van der Waals surface area contributed by atoms with E-state index in [-0.39, 0.29) is 11.4 Å². The van der Waals surface area contributed by atoms with Crippen molar-refractivity contribution < 1.29 is 9.18 Å². The lowest BCUT2D eigenvalue weighted by Crippen LogP contribution is -2.46. The highest BCUT2D eigenvalue weighted by Crippen LogP contribution is 2.21. The number of amides is 1. The Bertz CT molecular complexity index is 1280. The third-order valence-corrected chi connectivity index (χ3v) is 6.21. The molecule has 0 atom stereocenters.